The molecule has 1 aliphatic heterocycles. The summed E-state index contributed by atoms with van der Waals surface area (Å²) in [5.41, 5.74) is 37.1. The van der Waals surface area contributed by atoms with E-state index in [1.807, 2.05) is 56.3 Å². The highest BCUT2D eigenvalue weighted by molar-refractivity contribution is 5.94. The first kappa shape index (κ1) is 38.1. The Morgan fingerprint density at radius 1 is 0.612 bits per heavy atom. The van der Waals surface area contributed by atoms with Gasteiger partial charge in [-0.2, -0.15) is 0 Å². The Labute approximate surface area is 294 Å². The highest BCUT2D eigenvalue weighted by atomic mass is 15.4. The number of hydrogen-bond acceptors (Lipinski definition) is 5. The van der Waals surface area contributed by atoms with Gasteiger partial charge in [-0.15, -0.1) is 0 Å². The van der Waals surface area contributed by atoms with E-state index in [1.54, 1.807) is 0 Å². The van der Waals surface area contributed by atoms with E-state index in [0.29, 0.717) is 6.54 Å². The van der Waals surface area contributed by atoms with Crippen molar-refractivity contribution in [2.75, 3.05) is 30.2 Å². The Balaban J connectivity index is 0.000000280. The first-order chi connectivity index (χ1) is 23.9. The number of allylic oxidation sites excluding steroid dienone is 2. The minimum atomic E-state index is 0.691. The van der Waals surface area contributed by atoms with Crippen LogP contribution in [-0.4, -0.2) is 13.6 Å². The maximum atomic E-state index is 6.37. The molecule has 0 spiro atoms. The van der Waals surface area contributed by atoms with Gasteiger partial charge in [0.15, 0.2) is 0 Å². The number of hydrogen-bond donors (Lipinski definition) is 5. The molecule has 0 radical (unpaired) electrons. The number of aryl methyl sites for hydroxylation is 2. The van der Waals surface area contributed by atoms with Crippen LogP contribution in [0, 0.1) is 13.8 Å². The molecule has 0 fully saturated rings. The van der Waals surface area contributed by atoms with Crippen LogP contribution in [-0.2, 0) is 0 Å². The van der Waals surface area contributed by atoms with Crippen molar-refractivity contribution in [1.82, 2.24) is 0 Å². The van der Waals surface area contributed by atoms with Crippen LogP contribution in [0.25, 0.3) is 27.8 Å². The predicted molar refractivity (Wildman–Crippen MR) is 216 cm³/mol. The Kier molecular flexibility index (Phi) is 15.6. The van der Waals surface area contributed by atoms with E-state index in [9.17, 15) is 0 Å². The number of fused-ring (bicyclic) bond motifs is 2. The summed E-state index contributed by atoms with van der Waals surface area (Å²) < 4.78 is 0. The topological polar surface area (TPSA) is 102 Å². The van der Waals surface area contributed by atoms with Gasteiger partial charge in [-0.25, -0.2) is 0 Å². The van der Waals surface area contributed by atoms with Gasteiger partial charge in [0.25, 0.3) is 0 Å². The van der Waals surface area contributed by atoms with Gasteiger partial charge in [0.05, 0.1) is 11.4 Å². The number of rotatable bonds is 3. The van der Waals surface area contributed by atoms with E-state index in [2.05, 4.69) is 128 Å². The Morgan fingerprint density at radius 3 is 1.76 bits per heavy atom. The fourth-order valence-electron chi connectivity index (χ4n) is 5.35. The largest absolute Gasteiger partial charge is 0.398 e. The molecule has 1 aliphatic carbocycles. The van der Waals surface area contributed by atoms with Crippen LogP contribution in [0.2, 0.25) is 0 Å². The number of nitrogen functional groups attached to an aromatic ring is 1. The Bertz CT molecular complexity index is 1820. The van der Waals surface area contributed by atoms with Crippen LogP contribution in [0.4, 0.5) is 17.1 Å². The first-order valence-corrected chi connectivity index (χ1v) is 17.0. The van der Waals surface area contributed by atoms with Crippen molar-refractivity contribution in [1.29, 1.82) is 0 Å². The van der Waals surface area contributed by atoms with Crippen molar-refractivity contribution >= 4 is 22.6 Å². The Morgan fingerprint density at radius 2 is 1.20 bits per heavy atom. The highest BCUT2D eigenvalue weighted by Gasteiger charge is 2.17. The molecular weight excluding hydrogens is 599 g/mol. The fourth-order valence-corrected chi connectivity index (χ4v) is 5.35. The second-order valence-electron chi connectivity index (χ2n) is 11.3. The predicted octanol–water partition coefficient (Wildman–Crippen LogP) is 10.5. The first-order valence-electron chi connectivity index (χ1n) is 17.0. The second-order valence-corrected chi connectivity index (χ2v) is 11.3. The Hall–Kier alpha value is -5.36. The average molecular weight is 652 g/mol. The zero-order chi connectivity index (χ0) is 35.6. The fraction of sp³-hybridized carbons (Fsp3) is 0.182. The summed E-state index contributed by atoms with van der Waals surface area (Å²) in [4.78, 5) is 0. The van der Waals surface area contributed by atoms with E-state index < -0.39 is 0 Å². The highest BCUT2D eigenvalue weighted by Crippen LogP contribution is 2.39. The minimum absolute atomic E-state index is 0.691. The number of nitrogens with two attached hydrogens (primary N) is 3. The molecule has 5 nitrogen and oxygen atoms in total. The SMILES string of the molecule is C=C1c2ccc(C)cc2NNc2cc(-c3cc(-c4ccccc4)ccc3N)ccc21.CC.CN.Cc1ccccc1.NCC1=CCCC=C1. The van der Waals surface area contributed by atoms with E-state index in [4.69, 9.17) is 11.5 Å². The number of benzene rings is 5. The van der Waals surface area contributed by atoms with Crippen molar-refractivity contribution in [3.63, 3.8) is 0 Å². The van der Waals surface area contributed by atoms with Crippen LogP contribution >= 0.6 is 0 Å². The molecular formula is C44H53N5. The maximum absolute atomic E-state index is 6.37. The molecule has 5 heteroatoms. The summed E-state index contributed by atoms with van der Waals surface area (Å²) in [6.07, 6.45) is 8.82. The molecule has 0 aromatic heterocycles. The molecule has 7 rings (SSSR count). The quantitative estimate of drug-likeness (QED) is 0.125. The van der Waals surface area contributed by atoms with Gasteiger partial charge < -0.3 is 28.1 Å². The lowest BCUT2D eigenvalue weighted by Gasteiger charge is -2.14. The van der Waals surface area contributed by atoms with E-state index >= 15 is 0 Å². The number of nitrogens with one attached hydrogen (secondary N) is 2. The van der Waals surface area contributed by atoms with Crippen molar-refractivity contribution in [3.05, 3.63) is 168 Å². The normalized spacial score (nSPS) is 12.0. The third-order valence-electron chi connectivity index (χ3n) is 7.90. The lowest BCUT2D eigenvalue weighted by atomic mass is 9.93. The molecule has 0 atom stereocenters. The summed E-state index contributed by atoms with van der Waals surface area (Å²) >= 11 is 0. The summed E-state index contributed by atoms with van der Waals surface area (Å²) in [5, 5.41) is 0. The maximum Gasteiger partial charge on any atom is 0.0624 e. The van der Waals surface area contributed by atoms with E-state index in [-0.39, 0.29) is 0 Å². The minimum Gasteiger partial charge on any atom is -0.398 e. The third-order valence-corrected chi connectivity index (χ3v) is 7.90. The van der Waals surface area contributed by atoms with Gasteiger partial charge in [-0.3, -0.25) is 0 Å². The summed E-state index contributed by atoms with van der Waals surface area (Å²) in [6, 6.07) is 39.5. The van der Waals surface area contributed by atoms with Crippen molar-refractivity contribution < 1.29 is 0 Å². The van der Waals surface area contributed by atoms with Crippen molar-refractivity contribution in [3.8, 4) is 22.3 Å². The lowest BCUT2D eigenvalue weighted by molar-refractivity contribution is 0.995. The van der Waals surface area contributed by atoms with Crippen LogP contribution in [0.5, 0.6) is 0 Å². The monoisotopic (exact) mass is 651 g/mol. The second kappa shape index (κ2) is 20.1. The molecule has 2 aliphatic rings. The van der Waals surface area contributed by atoms with Crippen LogP contribution in [0.3, 0.4) is 0 Å². The molecule has 5 aromatic carbocycles. The van der Waals surface area contributed by atoms with Gasteiger partial charge >= 0.3 is 0 Å². The van der Waals surface area contributed by atoms with E-state index in [0.717, 1.165) is 50.5 Å². The summed E-state index contributed by atoms with van der Waals surface area (Å²) in [7, 11) is 1.50. The van der Waals surface area contributed by atoms with Crippen molar-refractivity contribution in [2.45, 2.75) is 40.5 Å². The molecule has 0 amide bonds. The average Bonchev–Trinajstić information content (AvgIpc) is 3.30. The summed E-state index contributed by atoms with van der Waals surface area (Å²) in [6.45, 7) is 13.2. The zero-order valence-electron chi connectivity index (χ0n) is 29.8. The molecule has 0 saturated carbocycles. The van der Waals surface area contributed by atoms with Crippen LogP contribution < -0.4 is 28.1 Å². The third kappa shape index (κ3) is 10.8. The van der Waals surface area contributed by atoms with Gasteiger partial charge in [0.1, 0.15) is 0 Å². The lowest BCUT2D eigenvalue weighted by Crippen LogP contribution is -2.08. The molecule has 254 valence electrons. The molecule has 0 bridgehead atoms. The van der Waals surface area contributed by atoms with Gasteiger partial charge in [0.2, 0.25) is 0 Å². The molecule has 8 N–H and O–H groups in total. The van der Waals surface area contributed by atoms with Gasteiger partial charge in [0, 0.05) is 28.9 Å². The van der Waals surface area contributed by atoms with Gasteiger partial charge in [-0.05, 0) is 91.4 Å². The molecule has 0 saturated heterocycles. The van der Waals surface area contributed by atoms with Crippen molar-refractivity contribution in [2.24, 2.45) is 11.5 Å². The molecule has 0 unspecified atom stereocenters. The number of hydrazine groups is 1. The van der Waals surface area contributed by atoms with Gasteiger partial charge in [-0.1, -0.05) is 135 Å². The van der Waals surface area contributed by atoms with Crippen LogP contribution in [0.1, 0.15) is 48.9 Å². The standard InChI is InChI=1S/C27H23N3.C7H11N.C7H8.C2H6.CH5N/c1-17-8-11-22-18(2)23-12-9-21(16-27(23)30-29-26(22)14-17)24-15-20(10-13-25(24)28)19-6-4-3-5-7-19;8-6-7-4-2-1-3-5-7;1-7-5-3-2-4-6-7;2*1-2/h3-16,29-30H,2,28H2,1H3;2,4-5H,1,3,6,8H2;2-6H,1H3;1-2H3;2H2,1H3. The molecule has 49 heavy (non-hydrogen) atoms. The zero-order valence-corrected chi connectivity index (χ0v) is 29.8. The molecule has 1 heterocycles. The number of anilines is 3. The van der Waals surface area contributed by atoms with E-state index in [1.165, 1.54) is 42.2 Å². The van der Waals surface area contributed by atoms with Crippen LogP contribution in [0.15, 0.2) is 146 Å². The smallest absolute Gasteiger partial charge is 0.0624 e. The molecule has 5 aromatic rings. The summed E-state index contributed by atoms with van der Waals surface area (Å²) in [5.74, 6) is 0.